The molecular weight excluding hydrogens is 390 g/mol. The summed E-state index contributed by atoms with van der Waals surface area (Å²) < 4.78 is 5.13. The number of carbonyl (C=O) groups is 3. The number of nitrogens with zero attached hydrogens (tertiary/aromatic N) is 1. The number of nitrogens with one attached hydrogen (secondary N) is 2. The van der Waals surface area contributed by atoms with Crippen molar-refractivity contribution in [1.82, 2.24) is 15.5 Å². The Bertz CT molecular complexity index is 732. The number of phenols is 1. The fourth-order valence-corrected chi connectivity index (χ4v) is 2.74. The molecule has 0 bridgehead atoms. The highest BCUT2D eigenvalue weighted by Gasteiger charge is 2.33. The molecule has 30 heavy (non-hydrogen) atoms. The summed E-state index contributed by atoms with van der Waals surface area (Å²) in [6.07, 6.45) is 0.804. The molecule has 2 unspecified atom stereocenters. The van der Waals surface area contributed by atoms with Crippen LogP contribution in [-0.2, 0) is 14.3 Å². The first-order chi connectivity index (χ1) is 14.0. The zero-order valence-corrected chi connectivity index (χ0v) is 18.3. The number of aromatic hydroxyl groups is 1. The van der Waals surface area contributed by atoms with Gasteiger partial charge in [0.2, 0.25) is 11.8 Å². The first-order valence-electron chi connectivity index (χ1n) is 9.93. The molecule has 0 aliphatic rings. The maximum absolute atomic E-state index is 13.0. The summed E-state index contributed by atoms with van der Waals surface area (Å²) in [6, 6.07) is 3.67. The minimum atomic E-state index is -1.30. The lowest BCUT2D eigenvalue weighted by Crippen LogP contribution is -2.53. The molecule has 168 valence electrons. The minimum Gasteiger partial charge on any atom is -0.508 e. The molecule has 1 aromatic rings. The smallest absolute Gasteiger partial charge is 0.408 e. The highest BCUT2D eigenvalue weighted by atomic mass is 16.6. The molecule has 1 aromatic carbocycles. The van der Waals surface area contributed by atoms with Gasteiger partial charge in [0.25, 0.3) is 0 Å². The second-order valence-electron chi connectivity index (χ2n) is 7.97. The number of phenolic OH excluding ortho intramolecular Hbond substituents is 1. The van der Waals surface area contributed by atoms with Gasteiger partial charge in [-0.3, -0.25) is 9.59 Å². The number of aliphatic hydroxyl groups excluding tert-OH is 1. The molecule has 0 aliphatic carbocycles. The van der Waals surface area contributed by atoms with Crippen LogP contribution in [0.5, 0.6) is 5.75 Å². The molecule has 9 heteroatoms. The fraction of sp³-hybridized carbons (Fsp3) is 0.571. The van der Waals surface area contributed by atoms with Crippen molar-refractivity contribution in [1.29, 1.82) is 0 Å². The Morgan fingerprint density at radius 2 is 1.90 bits per heavy atom. The van der Waals surface area contributed by atoms with E-state index in [-0.39, 0.29) is 5.75 Å². The maximum atomic E-state index is 13.0. The number of carbonyl (C=O) groups excluding carboxylic acids is 3. The Morgan fingerprint density at radius 3 is 2.43 bits per heavy atom. The number of hydrogen-bond donors (Lipinski definition) is 4. The average Bonchev–Trinajstić information content (AvgIpc) is 2.64. The minimum absolute atomic E-state index is 0.0507. The number of benzene rings is 1. The van der Waals surface area contributed by atoms with Crippen LogP contribution in [0.2, 0.25) is 0 Å². The van der Waals surface area contributed by atoms with Crippen LogP contribution in [-0.4, -0.2) is 64.9 Å². The number of rotatable bonds is 9. The molecule has 0 saturated heterocycles. The van der Waals surface area contributed by atoms with Gasteiger partial charge in [-0.15, -0.1) is 0 Å². The van der Waals surface area contributed by atoms with Crippen LogP contribution < -0.4 is 10.6 Å². The van der Waals surface area contributed by atoms with Crippen molar-refractivity contribution in [2.45, 2.75) is 58.2 Å². The molecule has 2 atom stereocenters. The molecule has 0 aromatic heterocycles. The molecule has 0 saturated carbocycles. The van der Waals surface area contributed by atoms with E-state index in [1.165, 1.54) is 19.2 Å². The summed E-state index contributed by atoms with van der Waals surface area (Å²) in [7, 11) is 1.40. The van der Waals surface area contributed by atoms with E-state index in [4.69, 9.17) is 4.74 Å². The van der Waals surface area contributed by atoms with Gasteiger partial charge in [0, 0.05) is 13.6 Å². The highest BCUT2D eigenvalue weighted by molar-refractivity contribution is 5.92. The maximum Gasteiger partial charge on any atom is 0.408 e. The number of unbranched alkanes of at least 4 members (excludes halogenated alkanes) is 1. The Balaban J connectivity index is 3.08. The Hall–Kier alpha value is -2.81. The highest BCUT2D eigenvalue weighted by Crippen LogP contribution is 2.24. The first-order valence-corrected chi connectivity index (χ1v) is 9.93. The SMILES string of the molecule is CCCCNC(=O)C(c1cccc(O)c1)N(C)C(=O)C(CO)NC(=O)OC(C)(C)C. The van der Waals surface area contributed by atoms with Gasteiger partial charge in [-0.1, -0.05) is 25.5 Å². The Morgan fingerprint density at radius 1 is 1.23 bits per heavy atom. The molecule has 0 aliphatic heterocycles. The molecule has 0 spiro atoms. The molecule has 0 fully saturated rings. The fourth-order valence-electron chi connectivity index (χ4n) is 2.74. The number of amides is 3. The van der Waals surface area contributed by atoms with E-state index in [1.54, 1.807) is 32.9 Å². The van der Waals surface area contributed by atoms with Crippen molar-refractivity contribution in [2.24, 2.45) is 0 Å². The number of alkyl carbamates (subject to hydrolysis) is 1. The van der Waals surface area contributed by atoms with Crippen molar-refractivity contribution >= 4 is 17.9 Å². The van der Waals surface area contributed by atoms with Crippen LogP contribution in [0.3, 0.4) is 0 Å². The molecular formula is C21H33N3O6. The summed E-state index contributed by atoms with van der Waals surface area (Å²) >= 11 is 0. The van der Waals surface area contributed by atoms with Crippen LogP contribution in [0.4, 0.5) is 4.79 Å². The number of hydrogen-bond acceptors (Lipinski definition) is 6. The topological polar surface area (TPSA) is 128 Å². The molecule has 0 heterocycles. The van der Waals surface area contributed by atoms with E-state index in [1.807, 2.05) is 6.92 Å². The number of ether oxygens (including phenoxy) is 1. The predicted octanol–water partition coefficient (Wildman–Crippen LogP) is 1.69. The van der Waals surface area contributed by atoms with Crippen molar-refractivity contribution in [3.63, 3.8) is 0 Å². The molecule has 9 nitrogen and oxygen atoms in total. The van der Waals surface area contributed by atoms with Crippen LogP contribution in [0, 0.1) is 0 Å². The summed E-state index contributed by atoms with van der Waals surface area (Å²) in [6.45, 7) is 6.77. The van der Waals surface area contributed by atoms with Crippen LogP contribution in [0.1, 0.15) is 52.1 Å². The van der Waals surface area contributed by atoms with Gasteiger partial charge in [-0.05, 0) is 44.9 Å². The zero-order valence-electron chi connectivity index (χ0n) is 18.3. The van der Waals surface area contributed by atoms with Crippen molar-refractivity contribution in [3.8, 4) is 5.75 Å². The van der Waals surface area contributed by atoms with Crippen molar-refractivity contribution < 1.29 is 29.3 Å². The largest absolute Gasteiger partial charge is 0.508 e. The van der Waals surface area contributed by atoms with Gasteiger partial charge in [0.1, 0.15) is 23.4 Å². The summed E-state index contributed by atoms with van der Waals surface area (Å²) in [4.78, 5) is 39.0. The van der Waals surface area contributed by atoms with E-state index in [2.05, 4.69) is 10.6 Å². The third-order valence-corrected chi connectivity index (χ3v) is 4.17. The van der Waals surface area contributed by atoms with Crippen molar-refractivity contribution in [2.75, 3.05) is 20.2 Å². The van der Waals surface area contributed by atoms with Gasteiger partial charge >= 0.3 is 6.09 Å². The lowest BCUT2D eigenvalue weighted by molar-refractivity contribution is -0.141. The van der Waals surface area contributed by atoms with Crippen LogP contribution in [0.15, 0.2) is 24.3 Å². The second kappa shape index (κ2) is 11.4. The lowest BCUT2D eigenvalue weighted by Gasteiger charge is -2.31. The third kappa shape index (κ3) is 7.90. The molecule has 0 radical (unpaired) electrons. The van der Waals surface area contributed by atoms with E-state index < -0.39 is 42.2 Å². The monoisotopic (exact) mass is 423 g/mol. The average molecular weight is 424 g/mol. The zero-order chi connectivity index (χ0) is 22.9. The van der Waals surface area contributed by atoms with Gasteiger partial charge in [-0.25, -0.2) is 4.79 Å². The first kappa shape index (κ1) is 25.2. The molecule has 1 rings (SSSR count). The second-order valence-corrected chi connectivity index (χ2v) is 7.97. The van der Waals surface area contributed by atoms with Crippen LogP contribution in [0.25, 0.3) is 0 Å². The molecule has 3 amide bonds. The summed E-state index contributed by atoms with van der Waals surface area (Å²) in [5, 5.41) is 24.6. The van der Waals surface area contributed by atoms with E-state index in [0.29, 0.717) is 12.1 Å². The Labute approximate surface area is 177 Å². The number of likely N-dealkylation sites (N-methyl/N-ethyl adjacent to an activating group) is 1. The normalized spacial score (nSPS) is 13.1. The molecule has 4 N–H and O–H groups in total. The Kier molecular flexibility index (Phi) is 9.58. The van der Waals surface area contributed by atoms with Gasteiger partial charge < -0.3 is 30.5 Å². The van der Waals surface area contributed by atoms with Gasteiger partial charge in [-0.2, -0.15) is 0 Å². The lowest BCUT2D eigenvalue weighted by atomic mass is 10.0. The van der Waals surface area contributed by atoms with E-state index in [0.717, 1.165) is 17.7 Å². The summed E-state index contributed by atoms with van der Waals surface area (Å²) in [5.74, 6) is -1.16. The van der Waals surface area contributed by atoms with Gasteiger partial charge in [0.05, 0.1) is 6.61 Å². The standard InChI is InChI=1S/C21H33N3O6/c1-6-7-11-22-18(27)17(14-9-8-10-15(26)12-14)24(5)19(28)16(13-25)23-20(29)30-21(2,3)4/h8-10,12,16-17,25-26H,6-7,11,13H2,1-5H3,(H,22,27)(H,23,29). The van der Waals surface area contributed by atoms with E-state index in [9.17, 15) is 24.6 Å². The quantitative estimate of drug-likeness (QED) is 0.448. The third-order valence-electron chi connectivity index (χ3n) is 4.17. The summed E-state index contributed by atoms with van der Waals surface area (Å²) in [5.41, 5.74) is -0.378. The van der Waals surface area contributed by atoms with Crippen LogP contribution >= 0.6 is 0 Å². The van der Waals surface area contributed by atoms with Gasteiger partial charge in [0.15, 0.2) is 0 Å². The number of aliphatic hydroxyl groups is 1. The predicted molar refractivity (Wildman–Crippen MR) is 112 cm³/mol. The van der Waals surface area contributed by atoms with Crippen molar-refractivity contribution in [3.05, 3.63) is 29.8 Å². The van der Waals surface area contributed by atoms with E-state index >= 15 is 0 Å².